The van der Waals surface area contributed by atoms with E-state index in [2.05, 4.69) is 41.5 Å². The first-order valence-electron chi connectivity index (χ1n) is 12.3. The van der Waals surface area contributed by atoms with Gasteiger partial charge < -0.3 is 4.74 Å². The number of hydrogen-bond acceptors (Lipinski definition) is 1. The average molecular weight is 405 g/mol. The van der Waals surface area contributed by atoms with E-state index < -0.39 is 0 Å². The Kier molecular flexibility index (Phi) is 43.6. The van der Waals surface area contributed by atoms with Crippen LogP contribution in [0.3, 0.4) is 0 Å². The minimum atomic E-state index is 0. The van der Waals surface area contributed by atoms with Crippen LogP contribution in [0.15, 0.2) is 0 Å². The second-order valence-electron chi connectivity index (χ2n) is 7.11. The Morgan fingerprint density at radius 2 is 1.00 bits per heavy atom. The molecule has 1 nitrogen and oxygen atoms in total. The highest BCUT2D eigenvalue weighted by Gasteiger charge is 2.31. The van der Waals surface area contributed by atoms with Crippen molar-refractivity contribution in [3.05, 3.63) is 0 Å². The van der Waals surface area contributed by atoms with Crippen molar-refractivity contribution < 1.29 is 4.74 Å². The molecule has 0 aliphatic carbocycles. The van der Waals surface area contributed by atoms with Gasteiger partial charge in [-0.25, -0.2) is 0 Å². The molecule has 0 saturated heterocycles. The third-order valence-corrected chi connectivity index (χ3v) is 5.38. The van der Waals surface area contributed by atoms with Gasteiger partial charge in [0, 0.05) is 13.2 Å². The maximum atomic E-state index is 5.99. The summed E-state index contributed by atoms with van der Waals surface area (Å²) in [5.74, 6) is 3.44. The molecule has 0 N–H and O–H groups in total. The summed E-state index contributed by atoms with van der Waals surface area (Å²) >= 11 is 0. The molecule has 0 spiro atoms. The van der Waals surface area contributed by atoms with Gasteiger partial charge in [0.15, 0.2) is 0 Å². The van der Waals surface area contributed by atoms with Gasteiger partial charge in [0.2, 0.25) is 0 Å². The quantitative estimate of drug-likeness (QED) is 0.246. The second kappa shape index (κ2) is 31.6. The van der Waals surface area contributed by atoms with Crippen LogP contribution >= 0.6 is 0 Å². The summed E-state index contributed by atoms with van der Waals surface area (Å²) in [6.07, 6.45) is 11.9. The fraction of sp³-hybridized carbons (Fsp3) is 1.00. The molecule has 0 aliphatic rings. The van der Waals surface area contributed by atoms with Crippen LogP contribution in [0.25, 0.3) is 0 Å². The third-order valence-electron chi connectivity index (χ3n) is 5.38. The van der Waals surface area contributed by atoms with Crippen LogP contribution in [0, 0.1) is 23.7 Å². The lowest BCUT2D eigenvalue weighted by Gasteiger charge is -2.38. The van der Waals surface area contributed by atoms with Crippen LogP contribution < -0.4 is 0 Å². The second-order valence-corrected chi connectivity index (χ2v) is 7.11. The summed E-state index contributed by atoms with van der Waals surface area (Å²) < 4.78 is 5.99. The van der Waals surface area contributed by atoms with E-state index in [0.717, 1.165) is 43.3 Å². The molecule has 0 aliphatic heterocycles. The molecule has 0 aromatic carbocycles. The maximum absolute atomic E-state index is 5.99. The topological polar surface area (TPSA) is 9.23 Å². The molecule has 4 unspecified atom stereocenters. The van der Waals surface area contributed by atoms with E-state index in [-0.39, 0.29) is 14.9 Å². The summed E-state index contributed by atoms with van der Waals surface area (Å²) in [7, 11) is 0. The maximum Gasteiger partial charge on any atom is 0.0497 e. The molecule has 0 amide bonds. The van der Waals surface area contributed by atoms with E-state index >= 15 is 0 Å². The van der Waals surface area contributed by atoms with Crippen molar-refractivity contribution in [2.45, 2.75) is 142 Å². The summed E-state index contributed by atoms with van der Waals surface area (Å²) in [5.41, 5.74) is 0. The minimum Gasteiger partial charge on any atom is -0.381 e. The predicted molar refractivity (Wildman–Crippen MR) is 137 cm³/mol. The standard InChI is InChI=1S/C21H44O.2C2H6.2CH4/c1-7-13-18(11-5)20(12-6)21(15-9-3)19(14-8-2)17-22-16-10-4;2*1-2;;/h18-21H,7-17H2,1-6H3;2*1-2H3;2*1H4. The zero-order valence-electron chi connectivity index (χ0n) is 20.5. The molecule has 0 aromatic rings. The molecule has 0 heterocycles. The fourth-order valence-electron chi connectivity index (χ4n) is 4.38. The van der Waals surface area contributed by atoms with E-state index in [9.17, 15) is 0 Å². The number of ether oxygens (including phenoxy) is 1. The molecule has 4 atom stereocenters. The smallest absolute Gasteiger partial charge is 0.0497 e. The van der Waals surface area contributed by atoms with Crippen LogP contribution in [0.2, 0.25) is 0 Å². The van der Waals surface area contributed by atoms with Crippen molar-refractivity contribution in [3.63, 3.8) is 0 Å². The van der Waals surface area contributed by atoms with Gasteiger partial charge in [0.25, 0.3) is 0 Å². The monoisotopic (exact) mass is 404 g/mol. The normalized spacial score (nSPS) is 13.9. The lowest BCUT2D eigenvalue weighted by atomic mass is 9.69. The molecular weight excluding hydrogens is 340 g/mol. The Bertz CT molecular complexity index is 226. The van der Waals surface area contributed by atoms with E-state index in [1.807, 2.05) is 27.7 Å². The van der Waals surface area contributed by atoms with Gasteiger partial charge in [0.05, 0.1) is 0 Å². The SMILES string of the molecule is C.C.CC.CC.CCCOCC(CCC)C(CCC)C(CC)C(CC)CCC. The van der Waals surface area contributed by atoms with Crippen LogP contribution in [0.4, 0.5) is 0 Å². The highest BCUT2D eigenvalue weighted by atomic mass is 16.5. The summed E-state index contributed by atoms with van der Waals surface area (Å²) in [6, 6.07) is 0. The molecule has 0 radical (unpaired) electrons. The summed E-state index contributed by atoms with van der Waals surface area (Å²) in [5, 5.41) is 0. The van der Waals surface area contributed by atoms with Gasteiger partial charge in [-0.1, -0.05) is 129 Å². The Balaban J connectivity index is -0.000000274. The van der Waals surface area contributed by atoms with Crippen LogP contribution in [0.5, 0.6) is 0 Å². The minimum absolute atomic E-state index is 0. The first-order valence-corrected chi connectivity index (χ1v) is 12.3. The Hall–Kier alpha value is -0.0400. The van der Waals surface area contributed by atoms with Crippen LogP contribution in [-0.4, -0.2) is 13.2 Å². The van der Waals surface area contributed by atoms with Gasteiger partial charge in [0.1, 0.15) is 0 Å². The summed E-state index contributed by atoms with van der Waals surface area (Å²) in [4.78, 5) is 0. The molecule has 28 heavy (non-hydrogen) atoms. The van der Waals surface area contributed by atoms with E-state index in [1.165, 1.54) is 51.4 Å². The zero-order chi connectivity index (χ0) is 20.8. The van der Waals surface area contributed by atoms with Crippen molar-refractivity contribution in [3.8, 4) is 0 Å². The van der Waals surface area contributed by atoms with Gasteiger partial charge in [-0.2, -0.15) is 0 Å². The predicted octanol–water partition coefficient (Wildman–Crippen LogP) is 10.4. The van der Waals surface area contributed by atoms with Crippen LogP contribution in [-0.2, 0) is 4.74 Å². The van der Waals surface area contributed by atoms with Gasteiger partial charge in [-0.15, -0.1) is 0 Å². The van der Waals surface area contributed by atoms with E-state index in [0.29, 0.717) is 0 Å². The lowest BCUT2D eigenvalue weighted by molar-refractivity contribution is 0.0370. The Labute approximate surface area is 183 Å². The largest absolute Gasteiger partial charge is 0.381 e. The molecule has 0 saturated carbocycles. The highest BCUT2D eigenvalue weighted by molar-refractivity contribution is 4.81. The van der Waals surface area contributed by atoms with Crippen molar-refractivity contribution in [2.75, 3.05) is 13.2 Å². The number of rotatable bonds is 15. The van der Waals surface area contributed by atoms with Crippen molar-refractivity contribution in [1.82, 2.24) is 0 Å². The first-order chi connectivity index (χ1) is 12.7. The molecule has 0 rings (SSSR count). The lowest BCUT2D eigenvalue weighted by Crippen LogP contribution is -2.31. The molecule has 1 heteroatoms. The van der Waals surface area contributed by atoms with Gasteiger partial charge >= 0.3 is 0 Å². The highest BCUT2D eigenvalue weighted by Crippen LogP contribution is 2.39. The molecule has 178 valence electrons. The van der Waals surface area contributed by atoms with Crippen molar-refractivity contribution in [1.29, 1.82) is 0 Å². The van der Waals surface area contributed by atoms with E-state index in [1.54, 1.807) is 0 Å². The van der Waals surface area contributed by atoms with Crippen LogP contribution in [0.1, 0.15) is 142 Å². The first kappa shape index (κ1) is 38.6. The van der Waals surface area contributed by atoms with Gasteiger partial charge in [-0.05, 0) is 36.5 Å². The third kappa shape index (κ3) is 18.0. The Morgan fingerprint density at radius 3 is 1.36 bits per heavy atom. The molecule has 0 bridgehead atoms. The summed E-state index contributed by atoms with van der Waals surface area (Å²) in [6.45, 7) is 24.0. The average Bonchev–Trinajstić information content (AvgIpc) is 2.69. The Morgan fingerprint density at radius 1 is 0.536 bits per heavy atom. The molecule has 0 aromatic heterocycles. The molecular formula is C27H64O. The zero-order valence-corrected chi connectivity index (χ0v) is 20.5. The number of hydrogen-bond donors (Lipinski definition) is 0. The van der Waals surface area contributed by atoms with E-state index in [4.69, 9.17) is 4.74 Å². The fourth-order valence-corrected chi connectivity index (χ4v) is 4.38. The molecule has 0 fully saturated rings. The van der Waals surface area contributed by atoms with Crippen molar-refractivity contribution in [2.24, 2.45) is 23.7 Å². The van der Waals surface area contributed by atoms with Crippen molar-refractivity contribution >= 4 is 0 Å². The van der Waals surface area contributed by atoms with Gasteiger partial charge in [-0.3, -0.25) is 0 Å².